The third kappa shape index (κ3) is 5.39. The number of benzene rings is 1. The summed E-state index contributed by atoms with van der Waals surface area (Å²) in [4.78, 5) is 12.0. The number of rotatable bonds is 6. The molecule has 0 bridgehead atoms. The van der Waals surface area contributed by atoms with Gasteiger partial charge in [0.25, 0.3) is 0 Å². The van der Waals surface area contributed by atoms with Crippen LogP contribution in [-0.4, -0.2) is 33.2 Å². The number of carbonyl (C=O) groups excluding carboxylic acids is 1. The van der Waals surface area contributed by atoms with Crippen molar-refractivity contribution in [2.24, 2.45) is 5.92 Å². The van der Waals surface area contributed by atoms with Gasteiger partial charge in [-0.3, -0.25) is 4.79 Å². The second-order valence-corrected chi connectivity index (χ2v) is 5.35. The Balaban J connectivity index is 0.00000242. The van der Waals surface area contributed by atoms with Gasteiger partial charge in [-0.2, -0.15) is 0 Å². The first-order valence-electron chi connectivity index (χ1n) is 7.41. The normalized spacial score (nSPS) is 14.8. The van der Waals surface area contributed by atoms with Crippen molar-refractivity contribution in [3.63, 3.8) is 0 Å². The van der Waals surface area contributed by atoms with Crippen LogP contribution >= 0.6 is 12.4 Å². The van der Waals surface area contributed by atoms with Crippen LogP contribution in [0.3, 0.4) is 0 Å². The number of piperidine rings is 1. The van der Waals surface area contributed by atoms with Gasteiger partial charge in [0.15, 0.2) is 0 Å². The second-order valence-electron chi connectivity index (χ2n) is 5.35. The van der Waals surface area contributed by atoms with Gasteiger partial charge in [0.05, 0.1) is 14.2 Å². The molecular formula is C16H25ClN2O3. The number of halogens is 1. The van der Waals surface area contributed by atoms with Gasteiger partial charge < -0.3 is 20.1 Å². The average molecular weight is 329 g/mol. The molecule has 0 aliphatic carbocycles. The SMILES string of the molecule is COc1ccc(OC)c(CNC(=O)CC2CCNCC2)c1.Cl. The van der Waals surface area contributed by atoms with Crippen LogP contribution < -0.4 is 20.1 Å². The van der Waals surface area contributed by atoms with Crippen LogP contribution in [-0.2, 0) is 11.3 Å². The van der Waals surface area contributed by atoms with Gasteiger partial charge in [-0.1, -0.05) is 0 Å². The Bertz CT molecular complexity index is 476. The molecule has 1 heterocycles. The number of amides is 1. The lowest BCUT2D eigenvalue weighted by Crippen LogP contribution is -2.32. The molecule has 1 fully saturated rings. The zero-order valence-corrected chi connectivity index (χ0v) is 14.0. The molecule has 2 rings (SSSR count). The highest BCUT2D eigenvalue weighted by atomic mass is 35.5. The van der Waals surface area contributed by atoms with Crippen molar-refractivity contribution >= 4 is 18.3 Å². The molecule has 0 atom stereocenters. The van der Waals surface area contributed by atoms with E-state index in [1.165, 1.54) is 0 Å². The first-order valence-corrected chi connectivity index (χ1v) is 7.41. The molecule has 124 valence electrons. The summed E-state index contributed by atoms with van der Waals surface area (Å²) in [7, 11) is 3.25. The molecule has 0 saturated carbocycles. The Kier molecular flexibility index (Phi) is 8.06. The largest absolute Gasteiger partial charge is 0.497 e. The summed E-state index contributed by atoms with van der Waals surface area (Å²) in [6.07, 6.45) is 2.76. The molecule has 0 aromatic heterocycles. The minimum absolute atomic E-state index is 0. The summed E-state index contributed by atoms with van der Waals surface area (Å²) in [5, 5.41) is 6.29. The summed E-state index contributed by atoms with van der Waals surface area (Å²) < 4.78 is 10.5. The van der Waals surface area contributed by atoms with Crippen molar-refractivity contribution in [3.05, 3.63) is 23.8 Å². The van der Waals surface area contributed by atoms with Gasteiger partial charge in [-0.05, 0) is 50.0 Å². The van der Waals surface area contributed by atoms with E-state index in [-0.39, 0.29) is 18.3 Å². The zero-order chi connectivity index (χ0) is 15.1. The molecule has 0 unspecified atom stereocenters. The zero-order valence-electron chi connectivity index (χ0n) is 13.2. The van der Waals surface area contributed by atoms with Crippen LogP contribution in [0.4, 0.5) is 0 Å². The van der Waals surface area contributed by atoms with Crippen molar-refractivity contribution in [1.82, 2.24) is 10.6 Å². The van der Waals surface area contributed by atoms with Crippen LogP contribution in [0.25, 0.3) is 0 Å². The van der Waals surface area contributed by atoms with Gasteiger partial charge in [-0.15, -0.1) is 12.4 Å². The average Bonchev–Trinajstić information content (AvgIpc) is 2.53. The topological polar surface area (TPSA) is 59.6 Å². The van der Waals surface area contributed by atoms with Crippen LogP contribution in [0.15, 0.2) is 18.2 Å². The van der Waals surface area contributed by atoms with E-state index in [1.54, 1.807) is 14.2 Å². The Morgan fingerprint density at radius 3 is 2.64 bits per heavy atom. The maximum absolute atomic E-state index is 12.0. The fourth-order valence-corrected chi connectivity index (χ4v) is 2.63. The lowest BCUT2D eigenvalue weighted by atomic mass is 9.94. The quantitative estimate of drug-likeness (QED) is 0.840. The highest BCUT2D eigenvalue weighted by molar-refractivity contribution is 5.85. The Morgan fingerprint density at radius 1 is 1.27 bits per heavy atom. The molecule has 1 saturated heterocycles. The van der Waals surface area contributed by atoms with Gasteiger partial charge in [0.1, 0.15) is 11.5 Å². The molecular weight excluding hydrogens is 304 g/mol. The maximum atomic E-state index is 12.0. The third-order valence-electron chi connectivity index (χ3n) is 3.90. The van der Waals surface area contributed by atoms with Crippen molar-refractivity contribution in [2.45, 2.75) is 25.8 Å². The van der Waals surface area contributed by atoms with Gasteiger partial charge in [0.2, 0.25) is 5.91 Å². The summed E-state index contributed by atoms with van der Waals surface area (Å²) in [5.41, 5.74) is 0.926. The molecule has 1 aromatic carbocycles. The van der Waals surface area contributed by atoms with E-state index in [1.807, 2.05) is 18.2 Å². The minimum atomic E-state index is 0. The predicted molar refractivity (Wildman–Crippen MR) is 88.9 cm³/mol. The van der Waals surface area contributed by atoms with Gasteiger partial charge in [0, 0.05) is 18.5 Å². The van der Waals surface area contributed by atoms with Crippen LogP contribution in [0.1, 0.15) is 24.8 Å². The number of ether oxygens (including phenoxy) is 2. The van der Waals surface area contributed by atoms with E-state index in [0.717, 1.165) is 43.0 Å². The molecule has 2 N–H and O–H groups in total. The Labute approximate surface area is 138 Å². The van der Waals surface area contributed by atoms with Gasteiger partial charge in [-0.25, -0.2) is 0 Å². The van der Waals surface area contributed by atoms with E-state index >= 15 is 0 Å². The van der Waals surface area contributed by atoms with E-state index in [4.69, 9.17) is 9.47 Å². The standard InChI is InChI=1S/C16H24N2O3.ClH/c1-20-14-3-4-15(21-2)13(10-14)11-18-16(19)9-12-5-7-17-8-6-12;/h3-4,10,12,17H,5-9,11H2,1-2H3,(H,18,19);1H. The molecule has 22 heavy (non-hydrogen) atoms. The summed E-state index contributed by atoms with van der Waals surface area (Å²) in [5.74, 6) is 2.13. The number of hydrogen-bond donors (Lipinski definition) is 2. The predicted octanol–water partition coefficient (Wildman–Crippen LogP) is 2.13. The summed E-state index contributed by atoms with van der Waals surface area (Å²) in [6.45, 7) is 2.49. The van der Waals surface area contributed by atoms with Crippen LogP contribution in [0, 0.1) is 5.92 Å². The number of carbonyl (C=O) groups is 1. The molecule has 1 aromatic rings. The Morgan fingerprint density at radius 2 is 2.00 bits per heavy atom. The molecule has 5 nitrogen and oxygen atoms in total. The Hall–Kier alpha value is -1.46. The van der Waals surface area contributed by atoms with Crippen molar-refractivity contribution < 1.29 is 14.3 Å². The molecule has 1 aliphatic heterocycles. The van der Waals surface area contributed by atoms with E-state index in [9.17, 15) is 4.79 Å². The van der Waals surface area contributed by atoms with E-state index in [0.29, 0.717) is 18.9 Å². The first-order chi connectivity index (χ1) is 10.2. The second kappa shape index (κ2) is 9.54. The van der Waals surface area contributed by atoms with Crippen LogP contribution in [0.2, 0.25) is 0 Å². The van der Waals surface area contributed by atoms with E-state index in [2.05, 4.69) is 10.6 Å². The third-order valence-corrected chi connectivity index (χ3v) is 3.90. The number of nitrogens with one attached hydrogen (secondary N) is 2. The fraction of sp³-hybridized carbons (Fsp3) is 0.562. The van der Waals surface area contributed by atoms with Crippen LogP contribution in [0.5, 0.6) is 11.5 Å². The van der Waals surface area contributed by atoms with Crippen molar-refractivity contribution in [3.8, 4) is 11.5 Å². The maximum Gasteiger partial charge on any atom is 0.220 e. The lowest BCUT2D eigenvalue weighted by molar-refractivity contribution is -0.122. The first kappa shape index (κ1) is 18.6. The molecule has 1 amide bonds. The highest BCUT2D eigenvalue weighted by Crippen LogP contribution is 2.24. The molecule has 0 spiro atoms. The van der Waals surface area contributed by atoms with Crippen molar-refractivity contribution in [2.75, 3.05) is 27.3 Å². The van der Waals surface area contributed by atoms with Crippen molar-refractivity contribution in [1.29, 1.82) is 0 Å². The van der Waals surface area contributed by atoms with Gasteiger partial charge >= 0.3 is 0 Å². The fourth-order valence-electron chi connectivity index (χ4n) is 2.63. The molecule has 6 heteroatoms. The molecule has 0 radical (unpaired) electrons. The molecule has 1 aliphatic rings. The highest BCUT2D eigenvalue weighted by Gasteiger charge is 2.16. The van der Waals surface area contributed by atoms with E-state index < -0.39 is 0 Å². The monoisotopic (exact) mass is 328 g/mol. The number of hydrogen-bond acceptors (Lipinski definition) is 4. The lowest BCUT2D eigenvalue weighted by Gasteiger charge is -2.22. The minimum Gasteiger partial charge on any atom is -0.497 e. The smallest absolute Gasteiger partial charge is 0.220 e. The summed E-state index contributed by atoms with van der Waals surface area (Å²) >= 11 is 0. The summed E-state index contributed by atoms with van der Waals surface area (Å²) in [6, 6.07) is 5.59. The number of methoxy groups -OCH3 is 2.